The number of hydrogen-bond donors (Lipinski definition) is 0. The molecule has 2 aromatic carbocycles. The SMILES string of the molecule is CCc1cccc(C)c1-n1c(C)cc(C=Nc2cccc(Cl)c2C)c1C. The summed E-state index contributed by atoms with van der Waals surface area (Å²) in [5.74, 6) is 0. The molecule has 2 nitrogen and oxygen atoms in total. The van der Waals surface area contributed by atoms with E-state index in [0.717, 1.165) is 28.3 Å². The van der Waals surface area contributed by atoms with Crippen molar-refractivity contribution in [2.24, 2.45) is 4.99 Å². The first-order chi connectivity index (χ1) is 12.4. The fourth-order valence-corrected chi connectivity index (χ4v) is 3.63. The summed E-state index contributed by atoms with van der Waals surface area (Å²) in [6.45, 7) is 10.7. The average molecular weight is 365 g/mol. The van der Waals surface area contributed by atoms with Gasteiger partial charge in [-0.2, -0.15) is 0 Å². The Morgan fingerprint density at radius 3 is 2.50 bits per heavy atom. The van der Waals surface area contributed by atoms with Gasteiger partial charge in [0.1, 0.15) is 0 Å². The normalized spacial score (nSPS) is 11.5. The van der Waals surface area contributed by atoms with E-state index in [1.54, 1.807) is 0 Å². The summed E-state index contributed by atoms with van der Waals surface area (Å²) in [5, 5.41) is 0.748. The largest absolute Gasteiger partial charge is 0.317 e. The fraction of sp³-hybridized carbons (Fsp3) is 0.261. The van der Waals surface area contributed by atoms with Crippen molar-refractivity contribution >= 4 is 23.5 Å². The van der Waals surface area contributed by atoms with Crippen molar-refractivity contribution in [2.75, 3.05) is 0 Å². The Balaban J connectivity index is 2.07. The molecule has 0 radical (unpaired) electrons. The molecule has 0 saturated carbocycles. The maximum absolute atomic E-state index is 6.21. The van der Waals surface area contributed by atoms with Crippen LogP contribution in [0.3, 0.4) is 0 Å². The topological polar surface area (TPSA) is 17.3 Å². The number of para-hydroxylation sites is 1. The highest BCUT2D eigenvalue weighted by Gasteiger charge is 2.14. The Labute approximate surface area is 161 Å². The van der Waals surface area contributed by atoms with Gasteiger partial charge < -0.3 is 4.57 Å². The van der Waals surface area contributed by atoms with Crippen LogP contribution in [0.15, 0.2) is 47.5 Å². The van der Waals surface area contributed by atoms with E-state index in [-0.39, 0.29) is 0 Å². The molecular weight excluding hydrogens is 340 g/mol. The Morgan fingerprint density at radius 1 is 1.04 bits per heavy atom. The number of aliphatic imine (C=N–C) groups is 1. The molecular formula is C23H25ClN2. The lowest BCUT2D eigenvalue weighted by atomic mass is 10.1. The van der Waals surface area contributed by atoms with Crippen molar-refractivity contribution in [2.45, 2.75) is 41.0 Å². The Bertz CT molecular complexity index is 980. The molecule has 0 aliphatic carbocycles. The van der Waals surface area contributed by atoms with Crippen LogP contribution in [0.5, 0.6) is 0 Å². The summed E-state index contributed by atoms with van der Waals surface area (Å²) in [6, 6.07) is 14.5. The number of hydrogen-bond acceptors (Lipinski definition) is 1. The molecule has 26 heavy (non-hydrogen) atoms. The fourth-order valence-electron chi connectivity index (χ4n) is 3.46. The number of nitrogens with zero attached hydrogens (tertiary/aromatic N) is 2. The first-order valence-corrected chi connectivity index (χ1v) is 9.38. The van der Waals surface area contributed by atoms with Gasteiger partial charge in [0.15, 0.2) is 0 Å². The van der Waals surface area contributed by atoms with Crippen LogP contribution in [-0.2, 0) is 6.42 Å². The molecule has 0 atom stereocenters. The van der Waals surface area contributed by atoms with E-state index in [9.17, 15) is 0 Å². The third-order valence-corrected chi connectivity index (χ3v) is 5.39. The summed E-state index contributed by atoms with van der Waals surface area (Å²) in [7, 11) is 0. The van der Waals surface area contributed by atoms with Crippen LogP contribution in [0.1, 0.15) is 40.6 Å². The van der Waals surface area contributed by atoms with Crippen LogP contribution < -0.4 is 0 Å². The van der Waals surface area contributed by atoms with Crippen LogP contribution in [0.2, 0.25) is 5.02 Å². The first kappa shape index (κ1) is 18.5. The van der Waals surface area contributed by atoms with E-state index in [0.29, 0.717) is 0 Å². The van der Waals surface area contributed by atoms with Gasteiger partial charge in [0, 0.05) is 28.2 Å². The molecule has 0 unspecified atom stereocenters. The molecule has 0 N–H and O–H groups in total. The van der Waals surface area contributed by atoms with E-state index >= 15 is 0 Å². The zero-order valence-electron chi connectivity index (χ0n) is 16.1. The molecule has 3 rings (SSSR count). The van der Waals surface area contributed by atoms with Gasteiger partial charge in [0.25, 0.3) is 0 Å². The molecule has 0 bridgehead atoms. The lowest BCUT2D eigenvalue weighted by Crippen LogP contribution is -2.05. The van der Waals surface area contributed by atoms with Gasteiger partial charge in [-0.3, -0.25) is 4.99 Å². The van der Waals surface area contributed by atoms with E-state index < -0.39 is 0 Å². The van der Waals surface area contributed by atoms with Crippen molar-refractivity contribution in [3.63, 3.8) is 0 Å². The smallest absolute Gasteiger partial charge is 0.0673 e. The quantitative estimate of drug-likeness (QED) is 0.459. The van der Waals surface area contributed by atoms with Gasteiger partial charge in [-0.15, -0.1) is 0 Å². The van der Waals surface area contributed by atoms with Crippen LogP contribution in [-0.4, -0.2) is 10.8 Å². The van der Waals surface area contributed by atoms with Crippen molar-refractivity contribution in [3.8, 4) is 5.69 Å². The number of rotatable bonds is 4. The van der Waals surface area contributed by atoms with Crippen LogP contribution >= 0.6 is 11.6 Å². The van der Waals surface area contributed by atoms with Gasteiger partial charge in [-0.25, -0.2) is 0 Å². The van der Waals surface area contributed by atoms with Crippen LogP contribution in [0.4, 0.5) is 5.69 Å². The van der Waals surface area contributed by atoms with E-state index in [4.69, 9.17) is 11.6 Å². The van der Waals surface area contributed by atoms with Gasteiger partial charge >= 0.3 is 0 Å². The maximum atomic E-state index is 6.21. The Hall–Kier alpha value is -2.32. The van der Waals surface area contributed by atoms with E-state index in [1.807, 2.05) is 31.3 Å². The van der Waals surface area contributed by atoms with Gasteiger partial charge in [0.05, 0.1) is 11.4 Å². The van der Waals surface area contributed by atoms with Gasteiger partial charge in [-0.05, 0) is 69.0 Å². The summed E-state index contributed by atoms with van der Waals surface area (Å²) < 4.78 is 2.35. The lowest BCUT2D eigenvalue weighted by Gasteiger charge is -2.17. The minimum absolute atomic E-state index is 0.748. The molecule has 134 valence electrons. The monoisotopic (exact) mass is 364 g/mol. The van der Waals surface area contributed by atoms with Crippen molar-refractivity contribution < 1.29 is 0 Å². The second-order valence-corrected chi connectivity index (χ2v) is 7.15. The molecule has 0 aliphatic rings. The number of halogens is 1. The number of benzene rings is 2. The average Bonchev–Trinajstić information content (AvgIpc) is 2.90. The summed E-state index contributed by atoms with van der Waals surface area (Å²) in [5.41, 5.74) is 9.42. The number of aryl methyl sites for hydroxylation is 3. The van der Waals surface area contributed by atoms with Crippen LogP contribution in [0, 0.1) is 27.7 Å². The minimum Gasteiger partial charge on any atom is -0.317 e. The second-order valence-electron chi connectivity index (χ2n) is 6.74. The molecule has 0 fully saturated rings. The highest BCUT2D eigenvalue weighted by atomic mass is 35.5. The third-order valence-electron chi connectivity index (χ3n) is 4.98. The van der Waals surface area contributed by atoms with E-state index in [1.165, 1.54) is 28.2 Å². The second kappa shape index (κ2) is 7.51. The Morgan fingerprint density at radius 2 is 1.77 bits per heavy atom. The standard InChI is InChI=1S/C23H25ClN2/c1-6-19-10-7-9-15(2)23(19)26-16(3)13-20(18(26)5)14-25-22-12-8-11-21(24)17(22)4/h7-14H,6H2,1-5H3. The predicted octanol–water partition coefficient (Wildman–Crippen LogP) is 6.68. The van der Waals surface area contributed by atoms with E-state index in [2.05, 4.69) is 61.5 Å². The van der Waals surface area contributed by atoms with Gasteiger partial charge in [0.2, 0.25) is 0 Å². The molecule has 0 spiro atoms. The highest BCUT2D eigenvalue weighted by Crippen LogP contribution is 2.28. The molecule has 3 aromatic rings. The molecule has 0 amide bonds. The van der Waals surface area contributed by atoms with Crippen molar-refractivity contribution in [3.05, 3.63) is 81.1 Å². The zero-order valence-corrected chi connectivity index (χ0v) is 16.9. The van der Waals surface area contributed by atoms with Crippen molar-refractivity contribution in [1.29, 1.82) is 0 Å². The molecule has 3 heteroatoms. The maximum Gasteiger partial charge on any atom is 0.0673 e. The lowest BCUT2D eigenvalue weighted by molar-refractivity contribution is 0.926. The first-order valence-electron chi connectivity index (χ1n) is 9.01. The van der Waals surface area contributed by atoms with Gasteiger partial charge in [-0.1, -0.05) is 42.8 Å². The minimum atomic E-state index is 0.748. The Kier molecular flexibility index (Phi) is 5.33. The third kappa shape index (κ3) is 3.34. The van der Waals surface area contributed by atoms with Crippen LogP contribution in [0.25, 0.3) is 5.69 Å². The molecule has 1 aromatic heterocycles. The number of aromatic nitrogens is 1. The zero-order chi connectivity index (χ0) is 18.8. The molecule has 0 saturated heterocycles. The van der Waals surface area contributed by atoms with Crippen molar-refractivity contribution in [1.82, 2.24) is 4.57 Å². The summed E-state index contributed by atoms with van der Waals surface area (Å²) in [4.78, 5) is 4.69. The summed E-state index contributed by atoms with van der Waals surface area (Å²) in [6.07, 6.45) is 2.96. The molecule has 1 heterocycles. The molecule has 0 aliphatic heterocycles. The summed E-state index contributed by atoms with van der Waals surface area (Å²) >= 11 is 6.21. The highest BCUT2D eigenvalue weighted by molar-refractivity contribution is 6.31. The predicted molar refractivity (Wildman–Crippen MR) is 113 cm³/mol.